The van der Waals surface area contributed by atoms with Gasteiger partial charge in [0.15, 0.2) is 0 Å². The first kappa shape index (κ1) is 8.34. The second-order valence-corrected chi connectivity index (χ2v) is 3.01. The molecule has 0 radical (unpaired) electrons. The van der Waals surface area contributed by atoms with Crippen LogP contribution in [0.15, 0.2) is 35.7 Å². The SMILES string of the molecule is C=C(C)c1ccc(SF)cc1. The maximum atomic E-state index is 12.0. The Kier molecular flexibility index (Phi) is 2.71. The Morgan fingerprint density at radius 1 is 1.36 bits per heavy atom. The van der Waals surface area contributed by atoms with Crippen LogP contribution in [0.5, 0.6) is 0 Å². The van der Waals surface area contributed by atoms with E-state index < -0.39 is 0 Å². The lowest BCUT2D eigenvalue weighted by Crippen LogP contribution is -1.75. The summed E-state index contributed by atoms with van der Waals surface area (Å²) in [7, 11) is 0. The van der Waals surface area contributed by atoms with Crippen LogP contribution in [0.25, 0.3) is 5.57 Å². The summed E-state index contributed by atoms with van der Waals surface area (Å²) in [4.78, 5) is 0.634. The topological polar surface area (TPSA) is 0 Å². The van der Waals surface area contributed by atoms with Crippen LogP contribution in [0.4, 0.5) is 3.89 Å². The Balaban J connectivity index is 2.91. The summed E-state index contributed by atoms with van der Waals surface area (Å²) in [5, 5.41) is 0. The largest absolute Gasteiger partial charge is 0.160 e. The van der Waals surface area contributed by atoms with E-state index in [9.17, 15) is 3.89 Å². The van der Waals surface area contributed by atoms with Gasteiger partial charge in [-0.25, -0.2) is 0 Å². The fourth-order valence-corrected chi connectivity index (χ4v) is 1.03. The number of rotatable bonds is 2. The number of allylic oxidation sites excluding steroid dienone is 1. The van der Waals surface area contributed by atoms with E-state index in [4.69, 9.17) is 0 Å². The van der Waals surface area contributed by atoms with Crippen LogP contribution in [0.3, 0.4) is 0 Å². The van der Waals surface area contributed by atoms with E-state index in [1.165, 1.54) is 0 Å². The monoisotopic (exact) mass is 168 g/mol. The Hall–Kier alpha value is -0.760. The number of hydrogen-bond acceptors (Lipinski definition) is 1. The van der Waals surface area contributed by atoms with Gasteiger partial charge in [-0.3, -0.25) is 0 Å². The van der Waals surface area contributed by atoms with Gasteiger partial charge in [0.1, 0.15) is 0 Å². The lowest BCUT2D eigenvalue weighted by Gasteiger charge is -1.98. The van der Waals surface area contributed by atoms with Gasteiger partial charge in [0.05, 0.1) is 12.1 Å². The van der Waals surface area contributed by atoms with Crippen molar-refractivity contribution in [2.45, 2.75) is 11.8 Å². The van der Waals surface area contributed by atoms with Gasteiger partial charge in [0.2, 0.25) is 0 Å². The normalized spacial score (nSPS) is 9.64. The summed E-state index contributed by atoms with van der Waals surface area (Å²) in [5.41, 5.74) is 2.06. The highest BCUT2D eigenvalue weighted by Gasteiger charge is 1.94. The first-order valence-electron chi connectivity index (χ1n) is 3.28. The van der Waals surface area contributed by atoms with Crippen LogP contribution in [0, 0.1) is 0 Å². The Morgan fingerprint density at radius 2 is 1.91 bits per heavy atom. The third-order valence-corrected chi connectivity index (χ3v) is 1.89. The molecule has 0 fully saturated rings. The molecule has 0 aliphatic rings. The Morgan fingerprint density at radius 3 is 2.27 bits per heavy atom. The van der Waals surface area contributed by atoms with E-state index in [1.54, 1.807) is 12.1 Å². The molecule has 1 aromatic carbocycles. The van der Waals surface area contributed by atoms with E-state index >= 15 is 0 Å². The summed E-state index contributed by atoms with van der Waals surface area (Å²) in [6.07, 6.45) is 0. The van der Waals surface area contributed by atoms with Gasteiger partial charge < -0.3 is 0 Å². The van der Waals surface area contributed by atoms with Crippen molar-refractivity contribution in [2.75, 3.05) is 0 Å². The molecular weight excluding hydrogens is 159 g/mol. The van der Waals surface area contributed by atoms with E-state index in [1.807, 2.05) is 19.1 Å². The van der Waals surface area contributed by atoms with Crippen LogP contribution in [-0.2, 0) is 0 Å². The maximum absolute atomic E-state index is 12.0. The van der Waals surface area contributed by atoms with E-state index in [0.29, 0.717) is 4.90 Å². The van der Waals surface area contributed by atoms with Crippen LogP contribution in [0.2, 0.25) is 0 Å². The first-order valence-corrected chi connectivity index (χ1v) is 4.00. The predicted molar refractivity (Wildman–Crippen MR) is 48.1 cm³/mol. The summed E-state index contributed by atoms with van der Waals surface area (Å²) in [5.74, 6) is 0. The zero-order valence-electron chi connectivity index (χ0n) is 6.30. The molecule has 0 amide bonds. The molecule has 0 aliphatic heterocycles. The smallest absolute Gasteiger partial charge is 0.0812 e. The average molecular weight is 168 g/mol. The molecule has 0 saturated heterocycles. The number of halogens is 1. The van der Waals surface area contributed by atoms with Crippen molar-refractivity contribution in [1.29, 1.82) is 0 Å². The highest BCUT2D eigenvalue weighted by molar-refractivity contribution is 7.94. The van der Waals surface area contributed by atoms with Crippen molar-refractivity contribution in [3.63, 3.8) is 0 Å². The predicted octanol–water partition coefficient (Wildman–Crippen LogP) is 3.70. The van der Waals surface area contributed by atoms with Crippen LogP contribution >= 0.6 is 12.1 Å². The quantitative estimate of drug-likeness (QED) is 0.649. The van der Waals surface area contributed by atoms with Gasteiger partial charge in [0, 0.05) is 4.90 Å². The highest BCUT2D eigenvalue weighted by Crippen LogP contribution is 2.20. The van der Waals surface area contributed by atoms with E-state index in [2.05, 4.69) is 6.58 Å². The van der Waals surface area contributed by atoms with Crippen molar-refractivity contribution in [3.8, 4) is 0 Å². The van der Waals surface area contributed by atoms with Gasteiger partial charge in [-0.05, 0) is 24.6 Å². The lowest BCUT2D eigenvalue weighted by molar-refractivity contribution is 0.934. The van der Waals surface area contributed by atoms with Gasteiger partial charge in [0.25, 0.3) is 0 Å². The minimum absolute atomic E-state index is 0.260. The fraction of sp³-hybridized carbons (Fsp3) is 0.111. The second-order valence-electron chi connectivity index (χ2n) is 2.38. The van der Waals surface area contributed by atoms with Gasteiger partial charge in [-0.15, -0.1) is 0 Å². The van der Waals surface area contributed by atoms with Gasteiger partial charge >= 0.3 is 0 Å². The van der Waals surface area contributed by atoms with E-state index in [-0.39, 0.29) is 12.1 Å². The minimum atomic E-state index is 0.260. The molecule has 11 heavy (non-hydrogen) atoms. The summed E-state index contributed by atoms with van der Waals surface area (Å²) in [6, 6.07) is 7.22. The molecule has 0 saturated carbocycles. The summed E-state index contributed by atoms with van der Waals surface area (Å²) in [6.45, 7) is 5.71. The standard InChI is InChI=1S/C9H9FS/c1-7(2)8-3-5-9(11-10)6-4-8/h3-6H,1H2,2H3. The molecule has 0 atom stereocenters. The number of benzene rings is 1. The van der Waals surface area contributed by atoms with Crippen LogP contribution in [-0.4, -0.2) is 0 Å². The molecule has 1 aromatic rings. The molecule has 1 rings (SSSR count). The molecule has 58 valence electrons. The van der Waals surface area contributed by atoms with E-state index in [0.717, 1.165) is 11.1 Å². The Bertz CT molecular complexity index is 251. The summed E-state index contributed by atoms with van der Waals surface area (Å²) < 4.78 is 12.0. The average Bonchev–Trinajstić information content (AvgIpc) is 2.05. The molecule has 0 spiro atoms. The zero-order valence-corrected chi connectivity index (χ0v) is 7.12. The van der Waals surface area contributed by atoms with Crippen molar-refractivity contribution >= 4 is 17.7 Å². The third kappa shape index (κ3) is 2.09. The summed E-state index contributed by atoms with van der Waals surface area (Å²) >= 11 is 0.260. The second kappa shape index (κ2) is 3.58. The zero-order chi connectivity index (χ0) is 8.27. The van der Waals surface area contributed by atoms with Crippen molar-refractivity contribution in [1.82, 2.24) is 0 Å². The molecule has 0 aromatic heterocycles. The lowest BCUT2D eigenvalue weighted by atomic mass is 10.1. The van der Waals surface area contributed by atoms with Gasteiger partial charge in [-0.1, -0.05) is 24.3 Å². The molecule has 0 nitrogen and oxygen atoms in total. The van der Waals surface area contributed by atoms with Crippen molar-refractivity contribution < 1.29 is 3.89 Å². The van der Waals surface area contributed by atoms with Crippen molar-refractivity contribution in [3.05, 3.63) is 36.4 Å². The third-order valence-electron chi connectivity index (χ3n) is 1.44. The molecule has 0 aliphatic carbocycles. The van der Waals surface area contributed by atoms with Crippen LogP contribution in [0.1, 0.15) is 12.5 Å². The highest BCUT2D eigenvalue weighted by atomic mass is 32.2. The Labute approximate surface area is 70.4 Å². The molecule has 0 unspecified atom stereocenters. The van der Waals surface area contributed by atoms with Gasteiger partial charge in [-0.2, -0.15) is 3.89 Å². The molecule has 0 bridgehead atoms. The van der Waals surface area contributed by atoms with Crippen LogP contribution < -0.4 is 0 Å². The molecule has 0 heterocycles. The van der Waals surface area contributed by atoms with Crippen molar-refractivity contribution in [2.24, 2.45) is 0 Å². The molecule has 0 N–H and O–H groups in total. The minimum Gasteiger partial charge on any atom is -0.160 e. The molecular formula is C9H9FS. The molecule has 2 heteroatoms. The maximum Gasteiger partial charge on any atom is 0.0812 e. The first-order chi connectivity index (χ1) is 5.24. The number of hydrogen-bond donors (Lipinski definition) is 0. The fourth-order valence-electron chi connectivity index (χ4n) is 0.791.